The number of halogens is 9. The molecule has 0 radical (unpaired) electrons. The van der Waals surface area contributed by atoms with Crippen molar-refractivity contribution >= 4 is 17.2 Å². The maximum Gasteiger partial charge on any atom is 0.426 e. The normalized spacial score (nSPS) is 18.4. The average Bonchev–Trinajstić information content (AvgIpc) is 3.26. The molecule has 5 heterocycles. The molecule has 9 nitrogen and oxygen atoms in total. The SMILES string of the molecule is Cc1c(CN2CCC(C(O)(C(F)(F)F)C(F)(F)F)CC2)cc2c(N3CCOCC3)nc(-c3cnc(N)cc3C(F)(F)F)nn12. The van der Waals surface area contributed by atoms with Crippen molar-refractivity contribution in [1.82, 2.24) is 24.5 Å². The molecule has 0 amide bonds. The molecule has 3 N–H and O–H groups in total. The van der Waals surface area contributed by atoms with Gasteiger partial charge in [-0.3, -0.25) is 4.90 Å². The summed E-state index contributed by atoms with van der Waals surface area (Å²) in [5, 5.41) is 14.2. The largest absolute Gasteiger partial charge is 0.426 e. The number of aryl methyl sites for hydroxylation is 1. The minimum atomic E-state index is -5.90. The number of alkyl halides is 9. The van der Waals surface area contributed by atoms with Crippen LogP contribution in [0.1, 0.15) is 29.7 Å². The van der Waals surface area contributed by atoms with Crippen molar-refractivity contribution in [3.8, 4) is 11.4 Å². The maximum atomic E-state index is 13.9. The Morgan fingerprint density at radius 3 is 2.14 bits per heavy atom. The van der Waals surface area contributed by atoms with E-state index in [0.29, 0.717) is 55.0 Å². The van der Waals surface area contributed by atoms with Gasteiger partial charge in [-0.15, -0.1) is 5.10 Å². The van der Waals surface area contributed by atoms with Crippen LogP contribution in [0.25, 0.3) is 16.9 Å². The molecule has 0 spiro atoms. The second-order valence-corrected chi connectivity index (χ2v) is 10.9. The standard InChI is InChI=1S/C26H28F9N7O2/c1-14-15(13-40-4-2-16(3-5-40)23(43,25(30,31)32)26(33,34)35)10-19-22(41-6-8-44-9-7-41)38-21(39-42(14)19)17-12-37-20(36)11-18(17)24(27,28)29/h10-12,16,43H,2-9,13H2,1H3,(H2,36,37). The molecular formula is C26H28F9N7O2. The summed E-state index contributed by atoms with van der Waals surface area (Å²) >= 11 is 0. The fraction of sp³-hybridized carbons (Fsp3) is 0.577. The maximum absolute atomic E-state index is 13.9. The second-order valence-electron chi connectivity index (χ2n) is 10.9. The first-order chi connectivity index (χ1) is 20.4. The zero-order valence-corrected chi connectivity index (χ0v) is 23.2. The minimum Gasteiger partial charge on any atom is -0.384 e. The highest BCUT2D eigenvalue weighted by atomic mass is 19.4. The van der Waals surface area contributed by atoms with Gasteiger partial charge in [0.25, 0.3) is 5.60 Å². The molecule has 2 fully saturated rings. The molecule has 0 saturated carbocycles. The molecule has 0 bridgehead atoms. The molecule has 18 heteroatoms. The smallest absolute Gasteiger partial charge is 0.384 e. The molecule has 2 aliphatic rings. The Morgan fingerprint density at radius 1 is 0.955 bits per heavy atom. The van der Waals surface area contributed by atoms with E-state index in [1.807, 2.05) is 4.90 Å². The summed E-state index contributed by atoms with van der Waals surface area (Å²) in [6.45, 7) is 2.87. The zero-order chi connectivity index (χ0) is 32.2. The van der Waals surface area contributed by atoms with Crippen molar-refractivity contribution in [3.05, 3.63) is 35.2 Å². The molecule has 2 saturated heterocycles. The number of rotatable bonds is 5. The fourth-order valence-electron chi connectivity index (χ4n) is 5.75. The second kappa shape index (κ2) is 11.2. The van der Waals surface area contributed by atoms with Gasteiger partial charge >= 0.3 is 18.5 Å². The topological polar surface area (TPSA) is 105 Å². The van der Waals surface area contributed by atoms with E-state index in [9.17, 15) is 44.6 Å². The quantitative estimate of drug-likeness (QED) is 0.390. The van der Waals surface area contributed by atoms with Crippen molar-refractivity contribution in [2.75, 3.05) is 50.0 Å². The van der Waals surface area contributed by atoms with Crippen LogP contribution in [0.15, 0.2) is 18.3 Å². The molecule has 242 valence electrons. The highest BCUT2D eigenvalue weighted by Gasteiger charge is 2.73. The number of fused-ring (bicyclic) bond motifs is 1. The lowest BCUT2D eigenvalue weighted by atomic mass is 9.79. The van der Waals surface area contributed by atoms with Crippen molar-refractivity contribution < 1.29 is 49.4 Å². The van der Waals surface area contributed by atoms with Gasteiger partial charge in [0.05, 0.1) is 24.3 Å². The van der Waals surface area contributed by atoms with Crippen LogP contribution in [-0.4, -0.2) is 86.9 Å². The van der Waals surface area contributed by atoms with Crippen molar-refractivity contribution in [2.24, 2.45) is 5.92 Å². The summed E-state index contributed by atoms with van der Waals surface area (Å²) in [5.41, 5.74) is 0.742. The molecule has 5 rings (SSSR count). The monoisotopic (exact) mass is 641 g/mol. The van der Waals surface area contributed by atoms with Gasteiger partial charge in [-0.2, -0.15) is 39.5 Å². The van der Waals surface area contributed by atoms with Crippen molar-refractivity contribution in [1.29, 1.82) is 0 Å². The van der Waals surface area contributed by atoms with Crippen LogP contribution in [-0.2, 0) is 17.5 Å². The number of nitrogens with two attached hydrogens (primary N) is 1. The van der Waals surface area contributed by atoms with E-state index in [2.05, 4.69) is 15.1 Å². The Hall–Kier alpha value is -3.38. The fourth-order valence-corrected chi connectivity index (χ4v) is 5.75. The summed E-state index contributed by atoms with van der Waals surface area (Å²) in [7, 11) is 0. The highest BCUT2D eigenvalue weighted by molar-refractivity contribution is 5.74. The lowest BCUT2D eigenvalue weighted by Crippen LogP contribution is -2.63. The number of ether oxygens (including phenoxy) is 1. The van der Waals surface area contributed by atoms with Crippen LogP contribution in [0.3, 0.4) is 0 Å². The van der Waals surface area contributed by atoms with Gasteiger partial charge < -0.3 is 20.5 Å². The van der Waals surface area contributed by atoms with Gasteiger partial charge in [0, 0.05) is 37.4 Å². The summed E-state index contributed by atoms with van der Waals surface area (Å²) < 4.78 is 129. The predicted molar refractivity (Wildman–Crippen MR) is 138 cm³/mol. The Morgan fingerprint density at radius 2 is 1.57 bits per heavy atom. The van der Waals surface area contributed by atoms with E-state index in [4.69, 9.17) is 10.5 Å². The molecular weight excluding hydrogens is 613 g/mol. The van der Waals surface area contributed by atoms with Crippen LogP contribution in [0, 0.1) is 12.8 Å². The average molecular weight is 642 g/mol. The number of nitrogen functional groups attached to an aromatic ring is 1. The number of pyridine rings is 1. The molecule has 0 unspecified atom stereocenters. The van der Waals surface area contributed by atoms with Crippen molar-refractivity contribution in [3.63, 3.8) is 0 Å². The first kappa shape index (κ1) is 32.0. The molecule has 3 aromatic rings. The number of nitrogens with zero attached hydrogens (tertiary/aromatic N) is 6. The Labute approximate surface area is 244 Å². The summed E-state index contributed by atoms with van der Waals surface area (Å²) in [6.07, 6.45) is -16.8. The first-order valence-corrected chi connectivity index (χ1v) is 13.5. The van der Waals surface area contributed by atoms with Gasteiger partial charge in [0.2, 0.25) is 0 Å². The lowest BCUT2D eigenvalue weighted by Gasteiger charge is -2.42. The van der Waals surface area contributed by atoms with Gasteiger partial charge in [-0.25, -0.2) is 14.5 Å². The Balaban J connectivity index is 1.49. The van der Waals surface area contributed by atoms with Crippen molar-refractivity contribution in [2.45, 2.75) is 50.4 Å². The van der Waals surface area contributed by atoms with Crippen LogP contribution in [0.4, 0.5) is 51.1 Å². The van der Waals surface area contributed by atoms with Gasteiger partial charge in [0.1, 0.15) is 11.3 Å². The predicted octanol–water partition coefficient (Wildman–Crippen LogP) is 4.61. The van der Waals surface area contributed by atoms with E-state index in [0.717, 1.165) is 6.20 Å². The highest BCUT2D eigenvalue weighted by Crippen LogP contribution is 2.50. The summed E-state index contributed by atoms with van der Waals surface area (Å²) in [4.78, 5) is 11.8. The van der Waals surface area contributed by atoms with E-state index in [1.54, 1.807) is 17.9 Å². The number of aromatic nitrogens is 4. The van der Waals surface area contributed by atoms with E-state index < -0.39 is 54.0 Å². The van der Waals surface area contributed by atoms with Crippen LogP contribution >= 0.6 is 0 Å². The number of anilines is 2. The lowest BCUT2D eigenvalue weighted by molar-refractivity contribution is -0.387. The number of aliphatic hydroxyl groups is 1. The molecule has 0 atom stereocenters. The molecule has 44 heavy (non-hydrogen) atoms. The molecule has 2 aliphatic heterocycles. The minimum absolute atomic E-state index is 0.105. The number of likely N-dealkylation sites (tertiary alicyclic amines) is 1. The third-order valence-corrected chi connectivity index (χ3v) is 8.18. The Bertz CT molecular complexity index is 1490. The van der Waals surface area contributed by atoms with E-state index in [1.165, 1.54) is 4.52 Å². The molecule has 0 aromatic carbocycles. The number of piperidine rings is 1. The third kappa shape index (κ3) is 5.74. The van der Waals surface area contributed by atoms with E-state index in [-0.39, 0.29) is 31.3 Å². The van der Waals surface area contributed by atoms with Crippen LogP contribution < -0.4 is 10.6 Å². The third-order valence-electron chi connectivity index (χ3n) is 8.18. The van der Waals surface area contributed by atoms with E-state index >= 15 is 0 Å². The van der Waals surface area contributed by atoms with Crippen LogP contribution in [0.5, 0.6) is 0 Å². The number of hydrogen-bond acceptors (Lipinski definition) is 8. The van der Waals surface area contributed by atoms with Crippen LogP contribution in [0.2, 0.25) is 0 Å². The molecule has 0 aliphatic carbocycles. The molecule has 3 aromatic heterocycles. The van der Waals surface area contributed by atoms with Gasteiger partial charge in [-0.1, -0.05) is 0 Å². The van der Waals surface area contributed by atoms with Gasteiger partial charge in [0.15, 0.2) is 11.6 Å². The first-order valence-electron chi connectivity index (χ1n) is 13.5. The Kier molecular flexibility index (Phi) is 8.16. The summed E-state index contributed by atoms with van der Waals surface area (Å²) in [5.74, 6) is -2.38. The van der Waals surface area contributed by atoms with Gasteiger partial charge in [-0.05, 0) is 50.6 Å². The summed E-state index contributed by atoms with van der Waals surface area (Å²) in [6, 6.07) is 2.39. The zero-order valence-electron chi connectivity index (χ0n) is 23.2. The number of hydrogen-bond donors (Lipinski definition) is 2. The number of morpholine rings is 1.